The van der Waals surface area contributed by atoms with E-state index in [-0.39, 0.29) is 23.8 Å². The van der Waals surface area contributed by atoms with E-state index >= 15 is 0 Å². The zero-order valence-electron chi connectivity index (χ0n) is 11.2. The van der Waals surface area contributed by atoms with Crippen molar-refractivity contribution in [1.29, 1.82) is 0 Å². The van der Waals surface area contributed by atoms with Gasteiger partial charge in [0.1, 0.15) is 12.2 Å². The zero-order valence-corrected chi connectivity index (χ0v) is 12.7. The third-order valence-electron chi connectivity index (χ3n) is 3.25. The van der Waals surface area contributed by atoms with Gasteiger partial charge in [0.25, 0.3) is 0 Å². The molecule has 0 bridgehead atoms. The number of benzene rings is 1. The Morgan fingerprint density at radius 2 is 2.21 bits per heavy atom. The van der Waals surface area contributed by atoms with E-state index < -0.39 is 0 Å². The van der Waals surface area contributed by atoms with Crippen LogP contribution >= 0.6 is 15.9 Å². The third kappa shape index (κ3) is 3.46. The van der Waals surface area contributed by atoms with Crippen molar-refractivity contribution in [2.75, 3.05) is 13.2 Å². The number of rotatable bonds is 6. The van der Waals surface area contributed by atoms with Gasteiger partial charge in [-0.25, -0.2) is 4.39 Å². The van der Waals surface area contributed by atoms with Crippen molar-refractivity contribution < 1.29 is 13.9 Å². The lowest BCUT2D eigenvalue weighted by atomic mass is 9.85. The first kappa shape index (κ1) is 14.8. The van der Waals surface area contributed by atoms with Crippen LogP contribution in [0.2, 0.25) is 0 Å². The summed E-state index contributed by atoms with van der Waals surface area (Å²) in [4.78, 5) is 0. The molecular weight excluding hydrogens is 313 g/mol. The van der Waals surface area contributed by atoms with E-state index in [0.717, 1.165) is 17.4 Å². The predicted molar refractivity (Wildman–Crippen MR) is 76.0 cm³/mol. The fraction of sp³-hybridized carbons (Fsp3) is 0.571. The van der Waals surface area contributed by atoms with Gasteiger partial charge in [0.15, 0.2) is 11.6 Å². The van der Waals surface area contributed by atoms with Crippen LogP contribution in [-0.2, 0) is 4.74 Å². The monoisotopic (exact) mass is 331 g/mol. The van der Waals surface area contributed by atoms with Crippen LogP contribution in [0.15, 0.2) is 22.7 Å². The van der Waals surface area contributed by atoms with Gasteiger partial charge in [-0.05, 0) is 31.7 Å². The molecule has 0 aromatic heterocycles. The summed E-state index contributed by atoms with van der Waals surface area (Å²) in [6.45, 7) is 5.54. The van der Waals surface area contributed by atoms with Crippen LogP contribution < -0.4 is 10.1 Å². The molecule has 0 aliphatic heterocycles. The molecule has 5 heteroatoms. The number of hydrogen-bond donors (Lipinski definition) is 1. The Morgan fingerprint density at radius 3 is 2.89 bits per heavy atom. The average Bonchev–Trinajstić information content (AvgIpc) is 2.38. The minimum absolute atomic E-state index is 0.0108. The molecule has 106 valence electrons. The molecule has 19 heavy (non-hydrogen) atoms. The van der Waals surface area contributed by atoms with Crippen molar-refractivity contribution in [3.8, 4) is 5.75 Å². The molecule has 3 unspecified atom stereocenters. The molecule has 1 saturated carbocycles. The third-order valence-corrected chi connectivity index (χ3v) is 3.74. The van der Waals surface area contributed by atoms with Gasteiger partial charge < -0.3 is 14.8 Å². The highest BCUT2D eigenvalue weighted by atomic mass is 79.9. The summed E-state index contributed by atoms with van der Waals surface area (Å²) in [5, 5.41) is 3.35. The lowest BCUT2D eigenvalue weighted by Gasteiger charge is -2.44. The number of hydrogen-bond acceptors (Lipinski definition) is 3. The van der Waals surface area contributed by atoms with Crippen LogP contribution in [0.3, 0.4) is 0 Å². The molecule has 0 heterocycles. The Morgan fingerprint density at radius 1 is 1.42 bits per heavy atom. The maximum atomic E-state index is 13.6. The first-order valence-electron chi connectivity index (χ1n) is 6.62. The Kier molecular flexibility index (Phi) is 5.19. The molecule has 1 aliphatic carbocycles. The van der Waals surface area contributed by atoms with Crippen LogP contribution in [0.4, 0.5) is 4.39 Å². The summed E-state index contributed by atoms with van der Waals surface area (Å²) >= 11 is 3.32. The molecular formula is C14H19BrFNO2. The van der Waals surface area contributed by atoms with Crippen LogP contribution in [-0.4, -0.2) is 31.4 Å². The number of likely N-dealkylation sites (N-methyl/N-ethyl adjacent to an activating group) is 1. The summed E-state index contributed by atoms with van der Waals surface area (Å²) in [5.41, 5.74) is 0. The topological polar surface area (TPSA) is 30.5 Å². The molecule has 0 spiro atoms. The van der Waals surface area contributed by atoms with Crippen LogP contribution in [0.5, 0.6) is 5.75 Å². The number of nitrogens with one attached hydrogen (secondary N) is 1. The van der Waals surface area contributed by atoms with Gasteiger partial charge in [-0.2, -0.15) is 0 Å². The van der Waals surface area contributed by atoms with E-state index in [9.17, 15) is 4.39 Å². The van der Waals surface area contributed by atoms with Gasteiger partial charge in [0.05, 0.1) is 0 Å². The minimum Gasteiger partial charge on any atom is -0.484 e. The average molecular weight is 332 g/mol. The largest absolute Gasteiger partial charge is 0.484 e. The summed E-state index contributed by atoms with van der Waals surface area (Å²) in [6, 6.07) is 5.00. The van der Waals surface area contributed by atoms with Crippen molar-refractivity contribution in [2.24, 2.45) is 0 Å². The maximum absolute atomic E-state index is 13.6. The lowest BCUT2D eigenvalue weighted by Crippen LogP contribution is -2.61. The van der Waals surface area contributed by atoms with E-state index in [0.29, 0.717) is 12.6 Å². The van der Waals surface area contributed by atoms with Gasteiger partial charge in [-0.1, -0.05) is 22.9 Å². The molecule has 1 N–H and O–H groups in total. The Balaban J connectivity index is 2.00. The van der Waals surface area contributed by atoms with Gasteiger partial charge in [-0.15, -0.1) is 0 Å². The van der Waals surface area contributed by atoms with Crippen LogP contribution in [0, 0.1) is 5.82 Å². The molecule has 0 radical (unpaired) electrons. The van der Waals surface area contributed by atoms with Crippen molar-refractivity contribution in [1.82, 2.24) is 5.32 Å². The minimum atomic E-state index is -0.342. The number of halogens is 2. The highest BCUT2D eigenvalue weighted by Crippen LogP contribution is 2.31. The normalized spacial score (nSPS) is 26.0. The summed E-state index contributed by atoms with van der Waals surface area (Å²) in [7, 11) is 0. The van der Waals surface area contributed by atoms with Crippen molar-refractivity contribution in [3.05, 3.63) is 28.5 Å². The molecule has 3 nitrogen and oxygen atoms in total. The van der Waals surface area contributed by atoms with E-state index in [4.69, 9.17) is 9.47 Å². The maximum Gasteiger partial charge on any atom is 0.165 e. The lowest BCUT2D eigenvalue weighted by molar-refractivity contribution is -0.105. The van der Waals surface area contributed by atoms with Gasteiger partial charge in [-0.3, -0.25) is 0 Å². The second-order valence-electron chi connectivity index (χ2n) is 4.55. The van der Waals surface area contributed by atoms with E-state index in [1.807, 2.05) is 6.92 Å². The molecule has 1 aromatic carbocycles. The van der Waals surface area contributed by atoms with E-state index in [2.05, 4.69) is 28.2 Å². The first-order valence-corrected chi connectivity index (χ1v) is 7.41. The number of ether oxygens (including phenoxy) is 2. The quantitative estimate of drug-likeness (QED) is 0.868. The second kappa shape index (κ2) is 6.68. The van der Waals surface area contributed by atoms with Crippen molar-refractivity contribution in [2.45, 2.75) is 38.5 Å². The van der Waals surface area contributed by atoms with Crippen LogP contribution in [0.1, 0.15) is 20.3 Å². The van der Waals surface area contributed by atoms with Gasteiger partial charge in [0, 0.05) is 23.5 Å². The summed E-state index contributed by atoms with van der Waals surface area (Å²) < 4.78 is 25.9. The fourth-order valence-electron chi connectivity index (χ4n) is 2.31. The molecule has 3 atom stereocenters. The molecule has 0 saturated heterocycles. The fourth-order valence-corrected chi connectivity index (χ4v) is 2.65. The van der Waals surface area contributed by atoms with Crippen molar-refractivity contribution in [3.63, 3.8) is 0 Å². The summed E-state index contributed by atoms with van der Waals surface area (Å²) in [5.74, 6) is -0.0654. The molecule has 2 rings (SSSR count). The summed E-state index contributed by atoms with van der Waals surface area (Å²) in [6.07, 6.45) is 0.737. The first-order chi connectivity index (χ1) is 9.15. The predicted octanol–water partition coefficient (Wildman–Crippen LogP) is 3.12. The second-order valence-corrected chi connectivity index (χ2v) is 5.47. The Labute approximate surface area is 121 Å². The van der Waals surface area contributed by atoms with E-state index in [1.165, 1.54) is 6.07 Å². The van der Waals surface area contributed by atoms with Crippen LogP contribution in [0.25, 0.3) is 0 Å². The standard InChI is InChI=1S/C14H19BrFNO2/c1-3-17-11-8-13(14(11)18-4-2)19-12-7-9(15)5-6-10(12)16/h5-7,11,13-14,17H,3-4,8H2,1-2H3. The van der Waals surface area contributed by atoms with E-state index in [1.54, 1.807) is 12.1 Å². The van der Waals surface area contributed by atoms with Gasteiger partial charge >= 0.3 is 0 Å². The van der Waals surface area contributed by atoms with Gasteiger partial charge in [0.2, 0.25) is 0 Å². The SMILES string of the molecule is CCNC1CC(Oc2cc(Br)ccc2F)C1OCC. The van der Waals surface area contributed by atoms with Crippen molar-refractivity contribution >= 4 is 15.9 Å². The molecule has 0 amide bonds. The zero-order chi connectivity index (χ0) is 13.8. The molecule has 1 aromatic rings. The molecule has 1 fully saturated rings. The highest BCUT2D eigenvalue weighted by molar-refractivity contribution is 9.10. The highest BCUT2D eigenvalue weighted by Gasteiger charge is 2.43. The Hall–Kier alpha value is -0.650. The molecule has 1 aliphatic rings. The smallest absolute Gasteiger partial charge is 0.165 e. The Bertz CT molecular complexity index is 430.